The number of pyridine rings is 1. The highest BCUT2D eigenvalue weighted by Crippen LogP contribution is 2.28. The van der Waals surface area contributed by atoms with Gasteiger partial charge in [0.15, 0.2) is 5.82 Å². The number of aromatic nitrogens is 4. The molecule has 0 radical (unpaired) electrons. The molecule has 6 heteroatoms. The van der Waals surface area contributed by atoms with Crippen LogP contribution in [0.1, 0.15) is 57.3 Å². The fraction of sp³-hybridized carbons (Fsp3) is 0.529. The van der Waals surface area contributed by atoms with Crippen molar-refractivity contribution in [1.82, 2.24) is 25.5 Å². The summed E-state index contributed by atoms with van der Waals surface area (Å²) < 4.78 is 0. The second-order valence-corrected chi connectivity index (χ2v) is 6.26. The van der Waals surface area contributed by atoms with Gasteiger partial charge >= 0.3 is 0 Å². The number of rotatable bonds is 6. The molecular formula is C17H23N5O. The Bertz CT molecular complexity index is 633. The molecule has 6 nitrogen and oxygen atoms in total. The number of hydrogen-bond acceptors (Lipinski definition) is 4. The minimum atomic E-state index is -0.172. The van der Waals surface area contributed by atoms with E-state index in [-0.39, 0.29) is 11.9 Å². The molecule has 23 heavy (non-hydrogen) atoms. The fourth-order valence-electron chi connectivity index (χ4n) is 3.11. The smallest absolute Gasteiger partial charge is 0.220 e. The van der Waals surface area contributed by atoms with Crippen LogP contribution in [-0.2, 0) is 4.79 Å². The first kappa shape index (κ1) is 15.6. The number of aromatic amines is 1. The van der Waals surface area contributed by atoms with Crippen molar-refractivity contribution in [3.63, 3.8) is 0 Å². The number of hydrogen-bond donors (Lipinski definition) is 2. The molecule has 2 aromatic rings. The Morgan fingerprint density at radius 3 is 2.83 bits per heavy atom. The van der Waals surface area contributed by atoms with Gasteiger partial charge in [-0.1, -0.05) is 25.7 Å². The molecule has 0 aromatic carbocycles. The van der Waals surface area contributed by atoms with Crippen LogP contribution in [-0.4, -0.2) is 26.1 Å². The molecule has 3 rings (SSSR count). The molecule has 0 bridgehead atoms. The predicted molar refractivity (Wildman–Crippen MR) is 87.4 cm³/mol. The van der Waals surface area contributed by atoms with Gasteiger partial charge in [0, 0.05) is 24.4 Å². The molecule has 1 atom stereocenters. The maximum Gasteiger partial charge on any atom is 0.220 e. The monoisotopic (exact) mass is 313 g/mol. The predicted octanol–water partition coefficient (Wildman–Crippen LogP) is 3.01. The molecule has 0 saturated heterocycles. The van der Waals surface area contributed by atoms with Gasteiger partial charge in [-0.2, -0.15) is 5.10 Å². The molecule has 1 amide bonds. The van der Waals surface area contributed by atoms with E-state index >= 15 is 0 Å². The van der Waals surface area contributed by atoms with Gasteiger partial charge in [-0.3, -0.25) is 14.9 Å². The Morgan fingerprint density at radius 1 is 1.35 bits per heavy atom. The summed E-state index contributed by atoms with van der Waals surface area (Å²) >= 11 is 0. The number of carbonyl (C=O) groups is 1. The van der Waals surface area contributed by atoms with Crippen molar-refractivity contribution >= 4 is 5.91 Å². The Balaban J connectivity index is 1.52. The van der Waals surface area contributed by atoms with Gasteiger partial charge in [0.25, 0.3) is 0 Å². The molecule has 1 fully saturated rings. The molecule has 2 aromatic heterocycles. The van der Waals surface area contributed by atoms with Gasteiger partial charge in [-0.15, -0.1) is 0 Å². The molecule has 1 saturated carbocycles. The SMILES string of the molecule is CC(NC(=O)CCC1CCCC1)c1nc(-c2ccncc2)n[nH]1. The van der Waals surface area contributed by atoms with Crippen molar-refractivity contribution in [3.05, 3.63) is 30.4 Å². The Labute approximate surface area is 136 Å². The lowest BCUT2D eigenvalue weighted by molar-refractivity contribution is -0.122. The van der Waals surface area contributed by atoms with Crippen molar-refractivity contribution in [2.24, 2.45) is 5.92 Å². The van der Waals surface area contributed by atoms with Crippen LogP contribution in [0.2, 0.25) is 0 Å². The summed E-state index contributed by atoms with van der Waals surface area (Å²) in [6.45, 7) is 1.92. The van der Waals surface area contributed by atoms with Crippen molar-refractivity contribution in [2.45, 2.75) is 51.5 Å². The zero-order chi connectivity index (χ0) is 16.1. The summed E-state index contributed by atoms with van der Waals surface area (Å²) in [5.74, 6) is 2.12. The second-order valence-electron chi connectivity index (χ2n) is 6.26. The molecule has 2 heterocycles. The average molecular weight is 313 g/mol. The van der Waals surface area contributed by atoms with Crippen LogP contribution in [0.5, 0.6) is 0 Å². The number of amides is 1. The largest absolute Gasteiger partial charge is 0.346 e. The van der Waals surface area contributed by atoms with Gasteiger partial charge in [-0.05, 0) is 31.4 Å². The van der Waals surface area contributed by atoms with E-state index in [0.717, 1.165) is 17.9 Å². The van der Waals surface area contributed by atoms with Crippen LogP contribution in [0.25, 0.3) is 11.4 Å². The number of nitrogens with one attached hydrogen (secondary N) is 2. The first-order valence-electron chi connectivity index (χ1n) is 8.34. The van der Waals surface area contributed by atoms with Crippen LogP contribution in [0, 0.1) is 5.92 Å². The van der Waals surface area contributed by atoms with E-state index in [9.17, 15) is 4.79 Å². The summed E-state index contributed by atoms with van der Waals surface area (Å²) in [5.41, 5.74) is 0.905. The summed E-state index contributed by atoms with van der Waals surface area (Å²) in [5, 5.41) is 10.1. The number of H-pyrrole nitrogens is 1. The topological polar surface area (TPSA) is 83.6 Å². The lowest BCUT2D eigenvalue weighted by Gasteiger charge is -2.12. The third kappa shape index (κ3) is 4.15. The van der Waals surface area contributed by atoms with Gasteiger partial charge in [0.1, 0.15) is 5.82 Å². The average Bonchev–Trinajstić information content (AvgIpc) is 3.25. The van der Waals surface area contributed by atoms with Crippen LogP contribution in [0.15, 0.2) is 24.5 Å². The summed E-state index contributed by atoms with van der Waals surface area (Å²) in [7, 11) is 0. The molecule has 122 valence electrons. The second kappa shape index (κ2) is 7.35. The Morgan fingerprint density at radius 2 is 2.09 bits per heavy atom. The highest BCUT2D eigenvalue weighted by Gasteiger charge is 2.18. The van der Waals surface area contributed by atoms with Crippen molar-refractivity contribution in [3.8, 4) is 11.4 Å². The van der Waals surface area contributed by atoms with Crippen LogP contribution >= 0.6 is 0 Å². The van der Waals surface area contributed by atoms with Crippen molar-refractivity contribution < 1.29 is 4.79 Å². The van der Waals surface area contributed by atoms with E-state index in [4.69, 9.17) is 0 Å². The first-order valence-corrected chi connectivity index (χ1v) is 8.34. The van der Waals surface area contributed by atoms with Crippen LogP contribution in [0.3, 0.4) is 0 Å². The lowest BCUT2D eigenvalue weighted by Crippen LogP contribution is -2.27. The summed E-state index contributed by atoms with van der Waals surface area (Å²) in [6.07, 6.45) is 10.2. The zero-order valence-electron chi connectivity index (χ0n) is 13.5. The first-order chi connectivity index (χ1) is 11.2. The summed E-state index contributed by atoms with van der Waals surface area (Å²) in [6, 6.07) is 3.55. The van der Waals surface area contributed by atoms with Gasteiger partial charge in [0.2, 0.25) is 5.91 Å². The maximum absolute atomic E-state index is 12.1. The molecule has 1 aliphatic rings. The van der Waals surface area contributed by atoms with Gasteiger partial charge < -0.3 is 5.32 Å². The highest BCUT2D eigenvalue weighted by atomic mass is 16.1. The van der Waals surface area contributed by atoms with E-state index in [0.29, 0.717) is 18.1 Å². The molecule has 1 aliphatic carbocycles. The Kier molecular flexibility index (Phi) is 5.00. The lowest BCUT2D eigenvalue weighted by atomic mass is 10.0. The van der Waals surface area contributed by atoms with Crippen molar-refractivity contribution in [1.29, 1.82) is 0 Å². The number of nitrogens with zero attached hydrogens (tertiary/aromatic N) is 3. The molecule has 1 unspecified atom stereocenters. The molecule has 2 N–H and O–H groups in total. The minimum Gasteiger partial charge on any atom is -0.346 e. The van der Waals surface area contributed by atoms with E-state index in [1.165, 1.54) is 25.7 Å². The molecular weight excluding hydrogens is 290 g/mol. The van der Waals surface area contributed by atoms with Gasteiger partial charge in [0.05, 0.1) is 6.04 Å². The van der Waals surface area contributed by atoms with Crippen molar-refractivity contribution in [2.75, 3.05) is 0 Å². The van der Waals surface area contributed by atoms with E-state index in [1.54, 1.807) is 12.4 Å². The minimum absolute atomic E-state index is 0.0891. The van der Waals surface area contributed by atoms with E-state index in [2.05, 4.69) is 25.5 Å². The third-order valence-electron chi connectivity index (χ3n) is 4.48. The fourth-order valence-corrected chi connectivity index (χ4v) is 3.11. The highest BCUT2D eigenvalue weighted by molar-refractivity contribution is 5.76. The van der Waals surface area contributed by atoms with Crippen LogP contribution < -0.4 is 5.32 Å². The zero-order valence-corrected chi connectivity index (χ0v) is 13.5. The summed E-state index contributed by atoms with van der Waals surface area (Å²) in [4.78, 5) is 20.5. The van der Waals surface area contributed by atoms with Gasteiger partial charge in [-0.25, -0.2) is 4.98 Å². The third-order valence-corrected chi connectivity index (χ3v) is 4.48. The quantitative estimate of drug-likeness (QED) is 0.858. The maximum atomic E-state index is 12.1. The Hall–Kier alpha value is -2.24. The normalized spacial score (nSPS) is 16.4. The number of carbonyl (C=O) groups excluding carboxylic acids is 1. The van der Waals surface area contributed by atoms with E-state index in [1.807, 2.05) is 19.1 Å². The van der Waals surface area contributed by atoms with Crippen LogP contribution in [0.4, 0.5) is 0 Å². The molecule has 0 spiro atoms. The van der Waals surface area contributed by atoms with E-state index < -0.39 is 0 Å². The standard InChI is InChI=1S/C17H23N5O/c1-12(19-15(23)7-6-13-4-2-3-5-13)16-20-17(22-21-16)14-8-10-18-11-9-14/h8-13H,2-7H2,1H3,(H,19,23)(H,20,21,22). The molecule has 0 aliphatic heterocycles.